The second-order valence-corrected chi connectivity index (χ2v) is 8.53. The minimum absolute atomic E-state index is 0.0254. The highest BCUT2D eigenvalue weighted by molar-refractivity contribution is 7.91. The van der Waals surface area contributed by atoms with Crippen molar-refractivity contribution >= 4 is 15.7 Å². The molecule has 25 heavy (non-hydrogen) atoms. The Labute approximate surface area is 149 Å². The number of nitrogens with zero attached hydrogens (tertiary/aromatic N) is 2. The molecule has 0 saturated carbocycles. The molecule has 0 radical (unpaired) electrons. The maximum Gasteiger partial charge on any atom is 0.223 e. The van der Waals surface area contributed by atoms with E-state index < -0.39 is 9.84 Å². The fourth-order valence-corrected chi connectivity index (χ4v) is 4.78. The van der Waals surface area contributed by atoms with Crippen LogP contribution >= 0.6 is 0 Å². The molecule has 136 valence electrons. The van der Waals surface area contributed by atoms with Crippen LogP contribution in [0.25, 0.3) is 0 Å². The zero-order chi connectivity index (χ0) is 18.3. The van der Waals surface area contributed by atoms with Gasteiger partial charge in [-0.3, -0.25) is 4.79 Å². The number of hydrogen-bond acceptors (Lipinski definition) is 5. The molecule has 1 heterocycles. The molecule has 1 aliphatic rings. The van der Waals surface area contributed by atoms with Crippen molar-refractivity contribution in [2.24, 2.45) is 0 Å². The van der Waals surface area contributed by atoms with E-state index in [2.05, 4.69) is 6.07 Å². The Balaban J connectivity index is 1.97. The Kier molecular flexibility index (Phi) is 6.97. The minimum atomic E-state index is -3.04. The second-order valence-electron chi connectivity index (χ2n) is 6.30. The summed E-state index contributed by atoms with van der Waals surface area (Å²) < 4.78 is 28.5. The zero-order valence-corrected chi connectivity index (χ0v) is 15.3. The van der Waals surface area contributed by atoms with Gasteiger partial charge in [0.25, 0.3) is 0 Å². The molecule has 0 bridgehead atoms. The van der Waals surface area contributed by atoms with Gasteiger partial charge in [-0.05, 0) is 37.0 Å². The molecule has 0 aliphatic carbocycles. The maximum absolute atomic E-state index is 12.7. The Hall–Kier alpha value is -1.91. The summed E-state index contributed by atoms with van der Waals surface area (Å²) in [5.41, 5.74) is 1.58. The standard InChI is InChI=1S/C18H24N2O4S/c1-24-11-2-10-20(17-9-12-25(22,23)14-17)18(21)8-7-15-3-5-16(13-19)6-4-15/h3-6,17H,2,7-12,14H2,1H3. The van der Waals surface area contributed by atoms with Crippen LogP contribution in [0.15, 0.2) is 24.3 Å². The van der Waals surface area contributed by atoms with Crippen LogP contribution in [-0.2, 0) is 25.8 Å². The number of aryl methyl sites for hydroxylation is 1. The summed E-state index contributed by atoms with van der Waals surface area (Å²) in [5, 5.41) is 8.82. The molecule has 1 unspecified atom stereocenters. The first kappa shape index (κ1) is 19.4. The third kappa shape index (κ3) is 5.83. The normalized spacial score (nSPS) is 18.6. The molecule has 1 aliphatic heterocycles. The lowest BCUT2D eigenvalue weighted by atomic mass is 10.1. The van der Waals surface area contributed by atoms with E-state index in [9.17, 15) is 13.2 Å². The summed E-state index contributed by atoms with van der Waals surface area (Å²) in [6.07, 6.45) is 2.10. The minimum Gasteiger partial charge on any atom is -0.385 e. The molecule has 0 spiro atoms. The average molecular weight is 364 g/mol. The number of ether oxygens (including phenoxy) is 1. The van der Waals surface area contributed by atoms with E-state index in [1.165, 1.54) is 0 Å². The van der Waals surface area contributed by atoms with Crippen LogP contribution in [0.5, 0.6) is 0 Å². The van der Waals surface area contributed by atoms with Gasteiger partial charge in [-0.1, -0.05) is 12.1 Å². The van der Waals surface area contributed by atoms with E-state index >= 15 is 0 Å². The number of nitriles is 1. The predicted octanol–water partition coefficient (Wildman–Crippen LogP) is 1.54. The smallest absolute Gasteiger partial charge is 0.223 e. The van der Waals surface area contributed by atoms with Crippen LogP contribution in [0.3, 0.4) is 0 Å². The number of hydrogen-bond donors (Lipinski definition) is 0. The first-order valence-electron chi connectivity index (χ1n) is 8.43. The number of carbonyl (C=O) groups excluding carboxylic acids is 1. The summed E-state index contributed by atoms with van der Waals surface area (Å²) in [6, 6.07) is 9.01. The predicted molar refractivity (Wildman–Crippen MR) is 94.7 cm³/mol. The fourth-order valence-electron chi connectivity index (χ4n) is 3.05. The van der Waals surface area contributed by atoms with Crippen LogP contribution in [-0.4, -0.2) is 57.0 Å². The van der Waals surface area contributed by atoms with Gasteiger partial charge in [0.15, 0.2) is 9.84 Å². The van der Waals surface area contributed by atoms with Crippen LogP contribution in [0.4, 0.5) is 0 Å². The van der Waals surface area contributed by atoms with Gasteiger partial charge in [-0.15, -0.1) is 0 Å². The molecule has 1 atom stereocenters. The van der Waals surface area contributed by atoms with Crippen LogP contribution in [0, 0.1) is 11.3 Å². The van der Waals surface area contributed by atoms with Crippen molar-refractivity contribution in [3.8, 4) is 6.07 Å². The molecule has 0 N–H and O–H groups in total. The molecule has 7 heteroatoms. The number of rotatable bonds is 8. The van der Waals surface area contributed by atoms with E-state index in [0.717, 1.165) is 5.56 Å². The number of methoxy groups -OCH3 is 1. The van der Waals surface area contributed by atoms with Crippen molar-refractivity contribution in [3.05, 3.63) is 35.4 Å². The quantitative estimate of drug-likeness (QED) is 0.653. The van der Waals surface area contributed by atoms with E-state index in [-0.39, 0.29) is 23.5 Å². The lowest BCUT2D eigenvalue weighted by molar-refractivity contribution is -0.133. The van der Waals surface area contributed by atoms with Crippen molar-refractivity contribution in [2.45, 2.75) is 31.7 Å². The maximum atomic E-state index is 12.7. The molecule has 1 aromatic rings. The van der Waals surface area contributed by atoms with Gasteiger partial charge in [0.1, 0.15) is 0 Å². The van der Waals surface area contributed by atoms with Gasteiger partial charge >= 0.3 is 0 Å². The molecule has 2 rings (SSSR count). The van der Waals surface area contributed by atoms with Gasteiger partial charge in [-0.25, -0.2) is 8.42 Å². The lowest BCUT2D eigenvalue weighted by Crippen LogP contribution is -2.42. The lowest BCUT2D eigenvalue weighted by Gasteiger charge is -2.28. The van der Waals surface area contributed by atoms with Crippen molar-refractivity contribution in [3.63, 3.8) is 0 Å². The average Bonchev–Trinajstić information content (AvgIpc) is 2.96. The largest absolute Gasteiger partial charge is 0.385 e. The van der Waals surface area contributed by atoms with Gasteiger partial charge in [0.05, 0.1) is 23.1 Å². The number of amides is 1. The highest BCUT2D eigenvalue weighted by Crippen LogP contribution is 2.19. The fraction of sp³-hybridized carbons (Fsp3) is 0.556. The molecule has 6 nitrogen and oxygen atoms in total. The molecular weight excluding hydrogens is 340 g/mol. The highest BCUT2D eigenvalue weighted by Gasteiger charge is 2.34. The summed E-state index contributed by atoms with van der Waals surface area (Å²) >= 11 is 0. The Morgan fingerprint density at radius 1 is 1.36 bits per heavy atom. The first-order chi connectivity index (χ1) is 11.9. The van der Waals surface area contributed by atoms with Crippen LogP contribution < -0.4 is 0 Å². The molecule has 1 amide bonds. The van der Waals surface area contributed by atoms with Crippen LogP contribution in [0.2, 0.25) is 0 Å². The monoisotopic (exact) mass is 364 g/mol. The van der Waals surface area contributed by atoms with Gasteiger partial charge < -0.3 is 9.64 Å². The van der Waals surface area contributed by atoms with Crippen molar-refractivity contribution in [1.29, 1.82) is 5.26 Å². The summed E-state index contributed by atoms with van der Waals surface area (Å²) in [6.45, 7) is 1.05. The van der Waals surface area contributed by atoms with Gasteiger partial charge in [0.2, 0.25) is 5.91 Å². The molecule has 1 fully saturated rings. The van der Waals surface area contributed by atoms with Crippen molar-refractivity contribution in [2.75, 3.05) is 31.8 Å². The summed E-state index contributed by atoms with van der Waals surface area (Å²) in [7, 11) is -1.43. The number of carbonyl (C=O) groups is 1. The number of benzene rings is 1. The summed E-state index contributed by atoms with van der Waals surface area (Å²) in [5.74, 6) is 0.187. The summed E-state index contributed by atoms with van der Waals surface area (Å²) in [4.78, 5) is 14.4. The van der Waals surface area contributed by atoms with E-state index in [4.69, 9.17) is 10.00 Å². The zero-order valence-electron chi connectivity index (χ0n) is 14.5. The molecular formula is C18H24N2O4S. The Morgan fingerprint density at radius 2 is 2.08 bits per heavy atom. The first-order valence-corrected chi connectivity index (χ1v) is 10.2. The topological polar surface area (TPSA) is 87.5 Å². The second kappa shape index (κ2) is 8.97. The third-order valence-electron chi connectivity index (χ3n) is 4.43. The van der Waals surface area contributed by atoms with E-state index in [0.29, 0.717) is 44.4 Å². The molecule has 0 aromatic heterocycles. The third-order valence-corrected chi connectivity index (χ3v) is 6.18. The van der Waals surface area contributed by atoms with Crippen molar-refractivity contribution < 1.29 is 17.9 Å². The number of sulfone groups is 1. The Morgan fingerprint density at radius 3 is 2.64 bits per heavy atom. The van der Waals surface area contributed by atoms with Crippen LogP contribution in [0.1, 0.15) is 30.4 Å². The molecule has 1 saturated heterocycles. The van der Waals surface area contributed by atoms with E-state index in [1.54, 1.807) is 24.1 Å². The SMILES string of the molecule is COCCCN(C(=O)CCc1ccc(C#N)cc1)C1CCS(=O)(=O)C1. The van der Waals surface area contributed by atoms with E-state index in [1.807, 2.05) is 12.1 Å². The van der Waals surface area contributed by atoms with Gasteiger partial charge in [-0.2, -0.15) is 5.26 Å². The Bertz CT molecular complexity index is 722. The molecule has 1 aromatic carbocycles. The van der Waals surface area contributed by atoms with Gasteiger partial charge in [0, 0.05) is 32.7 Å². The highest BCUT2D eigenvalue weighted by atomic mass is 32.2. The van der Waals surface area contributed by atoms with Crippen molar-refractivity contribution in [1.82, 2.24) is 4.90 Å².